The van der Waals surface area contributed by atoms with E-state index in [1.807, 2.05) is 0 Å². The molecule has 3 spiro atoms. The van der Waals surface area contributed by atoms with Crippen LogP contribution in [0.15, 0.2) is 0 Å². The minimum atomic E-state index is -1.29. The SMILES string of the molecule is CC(=O)OC1C[C@@]23C[C@@]24CC[C@H](O[C@@H]2OC[C@@H](O)[C@H](O)[C@H]2O)C(C)(C)[C@@H]4CC[C@H]3[C@]2(C)C[C@@H]3O[C@]4(C[C@@H](C)[C@@H]3[C@@]12C)OC[C@@]1(C)O[C@@H]41. The molecule has 4 heterocycles. The lowest BCUT2D eigenvalue weighted by atomic mass is 9.41. The molecule has 0 aromatic rings. The minimum Gasteiger partial charge on any atom is -0.462 e. The largest absolute Gasteiger partial charge is 0.462 e. The van der Waals surface area contributed by atoms with Gasteiger partial charge in [-0.1, -0.05) is 34.6 Å². The molecule has 5 aliphatic carbocycles. The monoisotopic (exact) mass is 660 g/mol. The number of carbonyl (C=O) groups excluding carboxylic acids is 1. The van der Waals surface area contributed by atoms with Crippen LogP contribution in [0.2, 0.25) is 0 Å². The van der Waals surface area contributed by atoms with Crippen LogP contribution < -0.4 is 0 Å². The standard InChI is InChI=1S/C37H56O10/c1-18-12-37(30-33(6,47-30)17-43-37)46-21-13-32(5)23-9-8-22-31(3,4)24(45-29-28(41)27(40)20(39)15-42-29)10-11-35(22)16-36(23,35)14-25(44-19(2)38)34(32,7)26(18)21/h18,20-30,39-41H,8-17H2,1-7H3/t18-,20-,21+,22+,23+,24+,25?,26+,27+,28-,29+,30-,32+,33-,34-,35-,36+,37+/m1/s1. The molecule has 0 bridgehead atoms. The van der Waals surface area contributed by atoms with Crippen molar-refractivity contribution in [2.45, 2.75) is 160 Å². The van der Waals surface area contributed by atoms with Crippen LogP contribution in [0.4, 0.5) is 0 Å². The predicted molar refractivity (Wildman–Crippen MR) is 166 cm³/mol. The molecule has 5 saturated carbocycles. The Hall–Kier alpha value is -0.850. The first-order valence-corrected chi connectivity index (χ1v) is 18.5. The van der Waals surface area contributed by atoms with E-state index in [1.54, 1.807) is 6.92 Å². The maximum Gasteiger partial charge on any atom is 0.302 e. The van der Waals surface area contributed by atoms with Gasteiger partial charge >= 0.3 is 5.97 Å². The normalized spacial score (nSPS) is 62.8. The first kappa shape index (κ1) is 32.1. The van der Waals surface area contributed by atoms with Gasteiger partial charge in [0.05, 0.1) is 25.4 Å². The Morgan fingerprint density at radius 3 is 2.30 bits per heavy atom. The molecule has 0 radical (unpaired) electrons. The molecule has 18 atom stereocenters. The summed E-state index contributed by atoms with van der Waals surface area (Å²) < 4.78 is 38.4. The third kappa shape index (κ3) is 3.78. The molecule has 9 fully saturated rings. The molecule has 0 amide bonds. The summed E-state index contributed by atoms with van der Waals surface area (Å²) >= 11 is 0. The van der Waals surface area contributed by atoms with Crippen LogP contribution in [0.25, 0.3) is 0 Å². The van der Waals surface area contributed by atoms with E-state index in [0.29, 0.717) is 24.4 Å². The number of esters is 1. The van der Waals surface area contributed by atoms with Crippen LogP contribution in [0.3, 0.4) is 0 Å². The second-order valence-electron chi connectivity index (χ2n) is 18.9. The van der Waals surface area contributed by atoms with Crippen molar-refractivity contribution in [1.82, 2.24) is 0 Å². The van der Waals surface area contributed by atoms with Crippen LogP contribution in [-0.4, -0.2) is 94.9 Å². The number of hydrogen-bond acceptors (Lipinski definition) is 10. The average molecular weight is 661 g/mol. The van der Waals surface area contributed by atoms with Crippen LogP contribution in [0.5, 0.6) is 0 Å². The lowest BCUT2D eigenvalue weighted by molar-refractivity contribution is -0.309. The third-order valence-corrected chi connectivity index (χ3v) is 16.6. The summed E-state index contributed by atoms with van der Waals surface area (Å²) in [4.78, 5) is 12.9. The lowest BCUT2D eigenvalue weighted by Gasteiger charge is -2.65. The van der Waals surface area contributed by atoms with E-state index < -0.39 is 30.4 Å². The molecule has 47 heavy (non-hydrogen) atoms. The van der Waals surface area contributed by atoms with Crippen molar-refractivity contribution in [3.63, 3.8) is 0 Å². The highest BCUT2D eigenvalue weighted by atomic mass is 16.8. The summed E-state index contributed by atoms with van der Waals surface area (Å²) in [5, 5.41) is 31.0. The van der Waals surface area contributed by atoms with Crippen molar-refractivity contribution in [3.05, 3.63) is 0 Å². The van der Waals surface area contributed by atoms with Crippen LogP contribution in [0.1, 0.15) is 99.8 Å². The van der Waals surface area contributed by atoms with Gasteiger partial charge in [-0.3, -0.25) is 4.79 Å². The fourth-order valence-corrected chi connectivity index (χ4v) is 14.6. The fourth-order valence-electron chi connectivity index (χ4n) is 14.6. The van der Waals surface area contributed by atoms with Gasteiger partial charge in [0.1, 0.15) is 36.1 Å². The first-order chi connectivity index (χ1) is 22.0. The highest BCUT2D eigenvalue weighted by Crippen LogP contribution is 2.89. The quantitative estimate of drug-likeness (QED) is 0.234. The maximum atomic E-state index is 12.9. The summed E-state index contributed by atoms with van der Waals surface area (Å²) in [7, 11) is 0. The summed E-state index contributed by atoms with van der Waals surface area (Å²) in [6.07, 6.45) is 2.89. The van der Waals surface area contributed by atoms with E-state index in [1.165, 1.54) is 0 Å². The molecule has 10 heteroatoms. The first-order valence-electron chi connectivity index (χ1n) is 18.5. The number of fused-ring (bicyclic) bond motifs is 6. The van der Waals surface area contributed by atoms with Gasteiger partial charge in [-0.25, -0.2) is 0 Å². The molecule has 10 nitrogen and oxygen atoms in total. The summed E-state index contributed by atoms with van der Waals surface area (Å²) in [6.45, 7) is 16.1. The molecule has 264 valence electrons. The fraction of sp³-hybridized carbons (Fsp3) is 0.973. The molecule has 4 saturated heterocycles. The van der Waals surface area contributed by atoms with Gasteiger partial charge in [0.2, 0.25) is 0 Å². The predicted octanol–water partition coefficient (Wildman–Crippen LogP) is 3.71. The van der Waals surface area contributed by atoms with E-state index in [-0.39, 0.29) is 75.6 Å². The second-order valence-corrected chi connectivity index (χ2v) is 18.9. The Bertz CT molecular complexity index is 1360. The highest BCUT2D eigenvalue weighted by Gasteiger charge is 2.86. The molecule has 1 unspecified atom stereocenters. The van der Waals surface area contributed by atoms with Gasteiger partial charge in [0, 0.05) is 18.8 Å². The molecule has 9 aliphatic rings. The Kier molecular flexibility index (Phi) is 6.50. The van der Waals surface area contributed by atoms with Crippen molar-refractivity contribution in [2.24, 2.45) is 50.7 Å². The van der Waals surface area contributed by atoms with Gasteiger partial charge in [0.15, 0.2) is 12.1 Å². The topological polar surface area (TPSA) is 136 Å². The molecule has 4 aliphatic heterocycles. The Morgan fingerprint density at radius 2 is 1.62 bits per heavy atom. The van der Waals surface area contributed by atoms with Crippen molar-refractivity contribution in [2.75, 3.05) is 13.2 Å². The van der Waals surface area contributed by atoms with Crippen LogP contribution in [0, 0.1) is 50.7 Å². The van der Waals surface area contributed by atoms with Crippen molar-refractivity contribution >= 4 is 5.97 Å². The van der Waals surface area contributed by atoms with E-state index in [4.69, 9.17) is 28.4 Å². The van der Waals surface area contributed by atoms with Gasteiger partial charge in [-0.05, 0) is 97.2 Å². The van der Waals surface area contributed by atoms with Crippen molar-refractivity contribution in [3.8, 4) is 0 Å². The van der Waals surface area contributed by atoms with E-state index >= 15 is 0 Å². The molecule has 0 aromatic carbocycles. The van der Waals surface area contributed by atoms with E-state index in [2.05, 4.69) is 41.5 Å². The van der Waals surface area contributed by atoms with Gasteiger partial charge in [0.25, 0.3) is 0 Å². The van der Waals surface area contributed by atoms with Gasteiger partial charge in [-0.15, -0.1) is 0 Å². The zero-order valence-corrected chi connectivity index (χ0v) is 29.2. The van der Waals surface area contributed by atoms with Crippen LogP contribution >= 0.6 is 0 Å². The minimum absolute atomic E-state index is 0.00697. The van der Waals surface area contributed by atoms with E-state index in [0.717, 1.165) is 51.4 Å². The number of ether oxygens (including phenoxy) is 6. The average Bonchev–Trinajstić information content (AvgIpc) is 3.81. The molecule has 3 N–H and O–H groups in total. The summed E-state index contributed by atoms with van der Waals surface area (Å²) in [5.41, 5.74) is -0.492. The number of aliphatic hydroxyl groups excluding tert-OH is 3. The molecular formula is C37H56O10. The molecular weight excluding hydrogens is 604 g/mol. The summed E-state index contributed by atoms with van der Waals surface area (Å²) in [6, 6.07) is 0. The Balaban J connectivity index is 1.03. The zero-order valence-electron chi connectivity index (χ0n) is 29.2. The van der Waals surface area contributed by atoms with Crippen molar-refractivity contribution < 1.29 is 48.5 Å². The van der Waals surface area contributed by atoms with Gasteiger partial charge < -0.3 is 43.7 Å². The third-order valence-electron chi connectivity index (χ3n) is 16.6. The Labute approximate surface area is 278 Å². The van der Waals surface area contributed by atoms with Gasteiger partial charge in [-0.2, -0.15) is 0 Å². The lowest BCUT2D eigenvalue weighted by Crippen LogP contribution is -2.64. The second kappa shape index (κ2) is 9.52. The number of epoxide rings is 1. The smallest absolute Gasteiger partial charge is 0.302 e. The number of aliphatic hydroxyl groups is 3. The molecule has 9 rings (SSSR count). The van der Waals surface area contributed by atoms with Crippen LogP contribution in [-0.2, 0) is 33.2 Å². The zero-order chi connectivity index (χ0) is 33.3. The number of hydrogen-bond donors (Lipinski definition) is 3. The number of carbonyl (C=O) groups is 1. The maximum absolute atomic E-state index is 12.9. The number of rotatable bonds is 3. The molecule has 0 aromatic heterocycles. The van der Waals surface area contributed by atoms with Crippen molar-refractivity contribution in [1.29, 1.82) is 0 Å². The Morgan fingerprint density at radius 1 is 0.872 bits per heavy atom. The summed E-state index contributed by atoms with van der Waals surface area (Å²) in [5.74, 6) is 0.642. The van der Waals surface area contributed by atoms with E-state index in [9.17, 15) is 20.1 Å². The highest BCUT2D eigenvalue weighted by molar-refractivity contribution is 5.66.